The fourth-order valence-electron chi connectivity index (χ4n) is 2.19. The maximum absolute atomic E-state index is 12.2. The highest BCUT2D eigenvalue weighted by atomic mass is 35.5. The minimum absolute atomic E-state index is 0.378. The smallest absolute Gasteiger partial charge is 0.335 e. The van der Waals surface area contributed by atoms with Crippen molar-refractivity contribution < 1.29 is 19.1 Å². The van der Waals surface area contributed by atoms with Crippen molar-refractivity contribution >= 4 is 23.5 Å². The van der Waals surface area contributed by atoms with Crippen LogP contribution in [-0.4, -0.2) is 30.0 Å². The van der Waals surface area contributed by atoms with Crippen molar-refractivity contribution in [3.8, 4) is 0 Å². The Morgan fingerprint density at radius 3 is 2.10 bits per heavy atom. The fraction of sp³-hybridized carbons (Fsp3) is 0.733. The summed E-state index contributed by atoms with van der Waals surface area (Å²) in [6.45, 7) is 11.4. The van der Waals surface area contributed by atoms with Gasteiger partial charge in [-0.3, -0.25) is 4.79 Å². The topological polar surface area (TPSA) is 52.6 Å². The molecular formula is C15H23ClO4. The van der Waals surface area contributed by atoms with Gasteiger partial charge in [0, 0.05) is 11.0 Å². The Hall–Kier alpha value is -1.03. The molecule has 0 aromatic heterocycles. The van der Waals surface area contributed by atoms with E-state index in [4.69, 9.17) is 21.1 Å². The van der Waals surface area contributed by atoms with E-state index in [1.165, 1.54) is 7.11 Å². The maximum atomic E-state index is 12.2. The zero-order valence-electron chi connectivity index (χ0n) is 13.2. The van der Waals surface area contributed by atoms with Gasteiger partial charge in [-0.25, -0.2) is 4.79 Å². The van der Waals surface area contributed by atoms with Crippen molar-refractivity contribution in [3.05, 3.63) is 11.6 Å². The number of carbonyl (C=O) groups is 2. The maximum Gasteiger partial charge on any atom is 0.335 e. The molecule has 2 atom stereocenters. The second kappa shape index (κ2) is 5.06. The molecule has 0 radical (unpaired) electrons. The number of rotatable bonds is 2. The molecule has 2 unspecified atom stereocenters. The van der Waals surface area contributed by atoms with Crippen molar-refractivity contribution in [2.75, 3.05) is 7.11 Å². The van der Waals surface area contributed by atoms with Crippen LogP contribution in [0.3, 0.4) is 0 Å². The molecule has 0 aromatic rings. The zero-order valence-corrected chi connectivity index (χ0v) is 13.9. The van der Waals surface area contributed by atoms with Crippen molar-refractivity contribution in [2.24, 2.45) is 10.8 Å². The van der Waals surface area contributed by atoms with Crippen LogP contribution >= 0.6 is 11.6 Å². The standard InChI is InChI=1S/C15H23ClO4/c1-13(2,3)9-8-15(14(4,5)6,20-11(9)17)10(16)12(18)19-7/h8,10H,1-7H3. The third-order valence-electron chi connectivity index (χ3n) is 3.61. The molecule has 0 fully saturated rings. The molecule has 0 aromatic carbocycles. The van der Waals surface area contributed by atoms with Gasteiger partial charge in [0.2, 0.25) is 0 Å². The first-order valence-corrected chi connectivity index (χ1v) is 6.99. The quantitative estimate of drug-likeness (QED) is 0.581. The summed E-state index contributed by atoms with van der Waals surface area (Å²) < 4.78 is 10.3. The number of methoxy groups -OCH3 is 1. The van der Waals surface area contributed by atoms with Gasteiger partial charge in [0.05, 0.1) is 7.11 Å². The lowest BCUT2D eigenvalue weighted by Crippen LogP contribution is -2.53. The van der Waals surface area contributed by atoms with E-state index in [0.717, 1.165) is 0 Å². The van der Waals surface area contributed by atoms with E-state index in [0.29, 0.717) is 5.57 Å². The van der Waals surface area contributed by atoms with E-state index in [1.807, 2.05) is 41.5 Å². The van der Waals surface area contributed by atoms with E-state index < -0.39 is 28.3 Å². The molecule has 1 rings (SSSR count). The number of halogens is 1. The monoisotopic (exact) mass is 302 g/mol. The van der Waals surface area contributed by atoms with Crippen molar-refractivity contribution in [2.45, 2.75) is 52.5 Å². The Morgan fingerprint density at radius 1 is 1.30 bits per heavy atom. The van der Waals surface area contributed by atoms with Crippen LogP contribution in [0.4, 0.5) is 0 Å². The number of esters is 2. The first-order valence-electron chi connectivity index (χ1n) is 6.55. The Morgan fingerprint density at radius 2 is 1.80 bits per heavy atom. The molecule has 1 heterocycles. The number of ether oxygens (including phenoxy) is 2. The second-order valence-electron chi connectivity index (χ2n) is 7.13. The summed E-state index contributed by atoms with van der Waals surface area (Å²) >= 11 is 6.26. The summed E-state index contributed by atoms with van der Waals surface area (Å²) in [5.41, 5.74) is -1.60. The Balaban J connectivity index is 3.42. The van der Waals surface area contributed by atoms with Gasteiger partial charge in [-0.1, -0.05) is 41.5 Å². The lowest BCUT2D eigenvalue weighted by Gasteiger charge is -2.40. The van der Waals surface area contributed by atoms with Crippen LogP contribution in [0.5, 0.6) is 0 Å². The Kier molecular flexibility index (Phi) is 4.31. The highest BCUT2D eigenvalue weighted by molar-refractivity contribution is 6.31. The van der Waals surface area contributed by atoms with Crippen LogP contribution in [0.2, 0.25) is 0 Å². The average Bonchev–Trinajstić information content (AvgIpc) is 2.65. The first kappa shape index (κ1) is 17.0. The SMILES string of the molecule is COC(=O)C(Cl)C1(C(C)(C)C)C=C(C(C)(C)C)C(=O)O1. The Labute approximate surface area is 125 Å². The number of hydrogen-bond acceptors (Lipinski definition) is 4. The summed E-state index contributed by atoms with van der Waals surface area (Å²) in [6, 6.07) is 0. The molecule has 0 amide bonds. The van der Waals surface area contributed by atoms with E-state index in [1.54, 1.807) is 6.08 Å². The lowest BCUT2D eigenvalue weighted by molar-refractivity contribution is -0.162. The average molecular weight is 303 g/mol. The molecule has 4 nitrogen and oxygen atoms in total. The van der Waals surface area contributed by atoms with Crippen molar-refractivity contribution in [1.29, 1.82) is 0 Å². The zero-order chi connectivity index (χ0) is 15.9. The molecule has 0 saturated carbocycles. The van der Waals surface area contributed by atoms with Gasteiger partial charge in [-0.05, 0) is 11.5 Å². The number of carbonyl (C=O) groups excluding carboxylic acids is 2. The minimum atomic E-state index is -1.21. The molecule has 5 heteroatoms. The van der Waals surface area contributed by atoms with Crippen molar-refractivity contribution in [3.63, 3.8) is 0 Å². The van der Waals surface area contributed by atoms with Crippen LogP contribution in [0.15, 0.2) is 11.6 Å². The molecule has 1 aliphatic heterocycles. The molecule has 0 saturated heterocycles. The molecule has 114 valence electrons. The highest BCUT2D eigenvalue weighted by Crippen LogP contribution is 2.48. The second-order valence-corrected chi connectivity index (χ2v) is 7.56. The summed E-state index contributed by atoms with van der Waals surface area (Å²) in [4.78, 5) is 24.0. The number of hydrogen-bond donors (Lipinski definition) is 0. The van der Waals surface area contributed by atoms with E-state index in [9.17, 15) is 9.59 Å². The van der Waals surface area contributed by atoms with Crippen molar-refractivity contribution in [1.82, 2.24) is 0 Å². The van der Waals surface area contributed by atoms with Gasteiger partial charge in [-0.15, -0.1) is 11.6 Å². The van der Waals surface area contributed by atoms with Gasteiger partial charge >= 0.3 is 11.9 Å². The van der Waals surface area contributed by atoms with Gasteiger partial charge in [-0.2, -0.15) is 0 Å². The molecule has 20 heavy (non-hydrogen) atoms. The van der Waals surface area contributed by atoms with E-state index in [2.05, 4.69) is 0 Å². The third-order valence-corrected chi connectivity index (χ3v) is 4.11. The number of cyclic esters (lactones) is 1. The van der Waals surface area contributed by atoms with Crippen LogP contribution in [0.25, 0.3) is 0 Å². The van der Waals surface area contributed by atoms with Crippen LogP contribution in [0, 0.1) is 10.8 Å². The molecule has 0 bridgehead atoms. The van der Waals surface area contributed by atoms with Crippen LogP contribution in [0.1, 0.15) is 41.5 Å². The fourth-order valence-corrected chi connectivity index (χ4v) is 2.71. The van der Waals surface area contributed by atoms with Crippen LogP contribution in [-0.2, 0) is 19.1 Å². The molecular weight excluding hydrogens is 280 g/mol. The third kappa shape index (κ3) is 2.71. The van der Waals surface area contributed by atoms with Gasteiger partial charge in [0.15, 0.2) is 11.0 Å². The predicted molar refractivity (Wildman–Crippen MR) is 77.5 cm³/mol. The Bertz CT molecular complexity index is 453. The summed E-state index contributed by atoms with van der Waals surface area (Å²) in [6.07, 6.45) is 1.70. The van der Waals surface area contributed by atoms with Crippen LogP contribution < -0.4 is 0 Å². The van der Waals surface area contributed by atoms with E-state index >= 15 is 0 Å². The molecule has 0 N–H and O–H groups in total. The minimum Gasteiger partial charge on any atom is -0.468 e. The van der Waals surface area contributed by atoms with E-state index in [-0.39, 0.29) is 5.41 Å². The predicted octanol–water partition coefficient (Wildman–Crippen LogP) is 3.08. The molecule has 0 spiro atoms. The highest BCUT2D eigenvalue weighted by Gasteiger charge is 2.57. The first-order chi connectivity index (χ1) is 8.87. The van der Waals surface area contributed by atoms with Gasteiger partial charge in [0.1, 0.15) is 0 Å². The summed E-state index contributed by atoms with van der Waals surface area (Å²) in [5, 5.41) is -1.09. The summed E-state index contributed by atoms with van der Waals surface area (Å²) in [7, 11) is 1.26. The largest absolute Gasteiger partial charge is 0.468 e. The van der Waals surface area contributed by atoms with Gasteiger partial charge in [0.25, 0.3) is 0 Å². The lowest BCUT2D eigenvalue weighted by atomic mass is 9.72. The molecule has 0 aliphatic carbocycles. The van der Waals surface area contributed by atoms with Gasteiger partial charge < -0.3 is 9.47 Å². The molecule has 1 aliphatic rings. The summed E-state index contributed by atoms with van der Waals surface area (Å²) in [5.74, 6) is -1.04. The normalized spacial score (nSPS) is 25.0. The number of alkyl halides is 1.